The van der Waals surface area contributed by atoms with Crippen LogP contribution in [0.25, 0.3) is 5.65 Å². The van der Waals surface area contributed by atoms with Gasteiger partial charge in [0.15, 0.2) is 0 Å². The Morgan fingerprint density at radius 1 is 1.29 bits per heavy atom. The molecule has 2 rings (SSSR count). The summed E-state index contributed by atoms with van der Waals surface area (Å²) in [5, 5.41) is 0. The maximum absolute atomic E-state index is 11.5. The first-order valence-corrected chi connectivity index (χ1v) is 5.27. The van der Waals surface area contributed by atoms with Crippen LogP contribution < -0.4 is 11.0 Å². The summed E-state index contributed by atoms with van der Waals surface area (Å²) in [4.78, 5) is 25.1. The second-order valence-corrected chi connectivity index (χ2v) is 4.33. The molecule has 0 bridgehead atoms. The highest BCUT2D eigenvalue weighted by atomic mass is 79.9. The van der Waals surface area contributed by atoms with E-state index in [1.54, 1.807) is 16.8 Å². The summed E-state index contributed by atoms with van der Waals surface area (Å²) in [6.45, 7) is 0. The van der Waals surface area contributed by atoms with Crippen LogP contribution in [0.5, 0.6) is 0 Å². The van der Waals surface area contributed by atoms with Gasteiger partial charge in [0, 0.05) is 18.5 Å². The van der Waals surface area contributed by atoms with Gasteiger partial charge < -0.3 is 9.38 Å². The van der Waals surface area contributed by atoms with Gasteiger partial charge >= 0.3 is 0 Å². The Labute approximate surface area is 94.8 Å². The Kier molecular flexibility index (Phi) is 2.32. The van der Waals surface area contributed by atoms with Crippen molar-refractivity contribution in [3.8, 4) is 0 Å². The standard InChI is InChI=1S/C8H4Br2N2O2/c9-4-3-12-2-1-5(13)11-8(12)6(10)7(4)14/h1-3H,(H,11,13). The van der Waals surface area contributed by atoms with Crippen molar-refractivity contribution in [2.45, 2.75) is 0 Å². The molecule has 0 atom stereocenters. The molecule has 0 saturated heterocycles. The third kappa shape index (κ3) is 1.44. The molecule has 0 fully saturated rings. The Bertz CT molecular complexity index is 615. The molecule has 0 radical (unpaired) electrons. The van der Waals surface area contributed by atoms with Crippen LogP contribution >= 0.6 is 31.9 Å². The number of nitrogens with zero attached hydrogens (tertiary/aromatic N) is 1. The van der Waals surface area contributed by atoms with Crippen LogP contribution in [0.15, 0.2) is 37.0 Å². The van der Waals surface area contributed by atoms with E-state index in [1.807, 2.05) is 0 Å². The predicted molar refractivity (Wildman–Crippen MR) is 59.7 cm³/mol. The lowest BCUT2D eigenvalue weighted by atomic mass is 10.4. The number of hydrogen-bond acceptors (Lipinski definition) is 2. The van der Waals surface area contributed by atoms with Crippen LogP contribution in [0.3, 0.4) is 0 Å². The molecule has 1 N–H and O–H groups in total. The fraction of sp³-hybridized carbons (Fsp3) is 0. The minimum Gasteiger partial charge on any atom is -0.308 e. The number of pyridine rings is 1. The van der Waals surface area contributed by atoms with Crippen LogP contribution in [0.1, 0.15) is 0 Å². The zero-order chi connectivity index (χ0) is 10.3. The van der Waals surface area contributed by atoms with E-state index in [9.17, 15) is 9.59 Å². The summed E-state index contributed by atoms with van der Waals surface area (Å²) in [6.07, 6.45) is 3.18. The highest BCUT2D eigenvalue weighted by Crippen LogP contribution is 2.13. The third-order valence-electron chi connectivity index (χ3n) is 1.76. The Balaban J connectivity index is 3.07. The molecule has 0 aliphatic rings. The Morgan fingerprint density at radius 2 is 2.00 bits per heavy atom. The van der Waals surface area contributed by atoms with E-state index in [2.05, 4.69) is 36.8 Å². The molecule has 2 aromatic rings. The molecule has 0 saturated carbocycles. The summed E-state index contributed by atoms with van der Waals surface area (Å²) < 4.78 is 2.43. The Hall–Kier alpha value is -0.880. The highest BCUT2D eigenvalue weighted by Gasteiger charge is 2.06. The number of rotatable bonds is 0. The van der Waals surface area contributed by atoms with Crippen molar-refractivity contribution in [3.05, 3.63) is 48.0 Å². The number of nitrogens with one attached hydrogen (secondary N) is 1. The normalized spacial score (nSPS) is 10.7. The lowest BCUT2D eigenvalue weighted by Gasteiger charge is -2.02. The zero-order valence-corrected chi connectivity index (χ0v) is 9.92. The van der Waals surface area contributed by atoms with Gasteiger partial charge in [0.25, 0.3) is 5.56 Å². The van der Waals surface area contributed by atoms with Crippen LogP contribution in [-0.4, -0.2) is 9.38 Å². The summed E-state index contributed by atoms with van der Waals surface area (Å²) in [7, 11) is 0. The average molecular weight is 320 g/mol. The van der Waals surface area contributed by atoms with E-state index in [0.717, 1.165) is 0 Å². The van der Waals surface area contributed by atoms with E-state index in [0.29, 0.717) is 14.6 Å². The predicted octanol–water partition coefficient (Wildman–Crippen LogP) is 1.51. The largest absolute Gasteiger partial charge is 0.308 e. The topological polar surface area (TPSA) is 54.3 Å². The number of aromatic nitrogens is 2. The monoisotopic (exact) mass is 318 g/mol. The average Bonchev–Trinajstić information content (AvgIpc) is 2.16. The second kappa shape index (κ2) is 3.36. The molecular weight excluding hydrogens is 316 g/mol. The van der Waals surface area contributed by atoms with Gasteiger partial charge in [-0.15, -0.1) is 0 Å². The SMILES string of the molecule is O=c1ccn2cc(Br)c(=O)c(Br)c2[nH]1. The van der Waals surface area contributed by atoms with Crippen molar-refractivity contribution in [2.24, 2.45) is 0 Å². The van der Waals surface area contributed by atoms with Gasteiger partial charge in [-0.25, -0.2) is 0 Å². The van der Waals surface area contributed by atoms with E-state index in [1.165, 1.54) is 6.07 Å². The summed E-state index contributed by atoms with van der Waals surface area (Å²) in [6, 6.07) is 1.39. The van der Waals surface area contributed by atoms with E-state index >= 15 is 0 Å². The molecule has 0 aromatic carbocycles. The zero-order valence-electron chi connectivity index (χ0n) is 6.75. The summed E-state index contributed by atoms with van der Waals surface area (Å²) in [5.74, 6) is 0. The van der Waals surface area contributed by atoms with Crippen LogP contribution in [0.2, 0.25) is 0 Å². The van der Waals surface area contributed by atoms with Gasteiger partial charge in [-0.05, 0) is 31.9 Å². The Morgan fingerprint density at radius 3 is 2.71 bits per heavy atom. The smallest absolute Gasteiger partial charge is 0.250 e. The highest BCUT2D eigenvalue weighted by molar-refractivity contribution is 9.11. The molecule has 14 heavy (non-hydrogen) atoms. The first-order chi connectivity index (χ1) is 6.59. The third-order valence-corrected chi connectivity index (χ3v) is 3.06. The fourth-order valence-corrected chi connectivity index (χ4v) is 2.32. The van der Waals surface area contributed by atoms with Gasteiger partial charge in [-0.1, -0.05) is 0 Å². The molecule has 0 aliphatic carbocycles. The molecule has 6 heteroatoms. The first kappa shape index (κ1) is 9.67. The first-order valence-electron chi connectivity index (χ1n) is 3.69. The van der Waals surface area contributed by atoms with Crippen molar-refractivity contribution in [2.75, 3.05) is 0 Å². The molecule has 0 unspecified atom stereocenters. The van der Waals surface area contributed by atoms with Crippen molar-refractivity contribution >= 4 is 37.5 Å². The number of aromatic amines is 1. The lowest BCUT2D eigenvalue weighted by Crippen LogP contribution is -2.13. The molecule has 0 spiro atoms. The number of hydrogen-bond donors (Lipinski definition) is 1. The molecule has 2 aromatic heterocycles. The van der Waals surface area contributed by atoms with Gasteiger partial charge in [0.2, 0.25) is 5.43 Å². The second-order valence-electron chi connectivity index (χ2n) is 2.68. The maximum Gasteiger partial charge on any atom is 0.250 e. The molecule has 2 heterocycles. The van der Waals surface area contributed by atoms with Crippen molar-refractivity contribution in [3.63, 3.8) is 0 Å². The molecule has 0 amide bonds. The van der Waals surface area contributed by atoms with Crippen molar-refractivity contribution < 1.29 is 0 Å². The minimum atomic E-state index is -0.243. The fourth-order valence-electron chi connectivity index (χ4n) is 1.11. The minimum absolute atomic E-state index is 0.188. The van der Waals surface area contributed by atoms with Crippen molar-refractivity contribution in [1.29, 1.82) is 0 Å². The number of fused-ring (bicyclic) bond motifs is 1. The van der Waals surface area contributed by atoms with Crippen molar-refractivity contribution in [1.82, 2.24) is 9.38 Å². The quantitative estimate of drug-likeness (QED) is 0.800. The molecule has 72 valence electrons. The van der Waals surface area contributed by atoms with Crippen LogP contribution in [-0.2, 0) is 0 Å². The molecule has 0 aliphatic heterocycles. The van der Waals surface area contributed by atoms with E-state index in [-0.39, 0.29) is 11.0 Å². The van der Waals surface area contributed by atoms with Gasteiger partial charge in [0.1, 0.15) is 10.1 Å². The van der Waals surface area contributed by atoms with Crippen LogP contribution in [0.4, 0.5) is 0 Å². The number of halogens is 2. The van der Waals surface area contributed by atoms with Gasteiger partial charge in [-0.2, -0.15) is 0 Å². The molecule has 4 nitrogen and oxygen atoms in total. The van der Waals surface area contributed by atoms with Gasteiger partial charge in [-0.3, -0.25) is 9.59 Å². The summed E-state index contributed by atoms with van der Waals surface area (Å²) >= 11 is 6.26. The van der Waals surface area contributed by atoms with Gasteiger partial charge in [0.05, 0.1) is 4.47 Å². The number of H-pyrrole nitrogens is 1. The van der Waals surface area contributed by atoms with E-state index < -0.39 is 0 Å². The molecular formula is C8H4Br2N2O2. The summed E-state index contributed by atoms with van der Waals surface area (Å²) in [5.41, 5.74) is 0.0185. The van der Waals surface area contributed by atoms with E-state index in [4.69, 9.17) is 0 Å². The van der Waals surface area contributed by atoms with Crippen LogP contribution in [0, 0.1) is 0 Å². The maximum atomic E-state index is 11.5. The lowest BCUT2D eigenvalue weighted by molar-refractivity contribution is 1.05.